The lowest BCUT2D eigenvalue weighted by Gasteiger charge is -2.13. The van der Waals surface area contributed by atoms with Gasteiger partial charge in [0.1, 0.15) is 5.75 Å². The molecule has 0 radical (unpaired) electrons. The number of ether oxygens (including phenoxy) is 1. The molecular weight excluding hydrogens is 176 g/mol. The van der Waals surface area contributed by atoms with E-state index in [1.54, 1.807) is 6.08 Å². The minimum absolute atomic E-state index is 0.0444. The van der Waals surface area contributed by atoms with Crippen molar-refractivity contribution in [3.05, 3.63) is 35.9 Å². The standard InChI is InChI=1S/C12H16O2/c1-4-11-7-10(8-13)5-6-12(11)14-9(2)3/h4-7,9,13H,1,8H2,2-3H3. The normalized spacial score (nSPS) is 10.3. The zero-order valence-electron chi connectivity index (χ0n) is 8.66. The molecule has 0 atom stereocenters. The molecule has 0 aromatic heterocycles. The molecule has 0 saturated heterocycles. The van der Waals surface area contributed by atoms with E-state index in [1.165, 1.54) is 0 Å². The van der Waals surface area contributed by atoms with E-state index < -0.39 is 0 Å². The topological polar surface area (TPSA) is 29.5 Å². The van der Waals surface area contributed by atoms with Gasteiger partial charge in [-0.05, 0) is 31.5 Å². The molecule has 1 rings (SSSR count). The highest BCUT2D eigenvalue weighted by Crippen LogP contribution is 2.22. The lowest BCUT2D eigenvalue weighted by atomic mass is 10.1. The molecule has 76 valence electrons. The highest BCUT2D eigenvalue weighted by atomic mass is 16.5. The monoisotopic (exact) mass is 192 g/mol. The lowest BCUT2D eigenvalue weighted by Crippen LogP contribution is -2.06. The van der Waals surface area contributed by atoms with Crippen molar-refractivity contribution < 1.29 is 9.84 Å². The predicted octanol–water partition coefficient (Wildman–Crippen LogP) is 2.61. The van der Waals surface area contributed by atoms with E-state index in [1.807, 2.05) is 32.0 Å². The number of hydrogen-bond acceptors (Lipinski definition) is 2. The van der Waals surface area contributed by atoms with Crippen LogP contribution in [0.25, 0.3) is 6.08 Å². The van der Waals surface area contributed by atoms with E-state index >= 15 is 0 Å². The lowest BCUT2D eigenvalue weighted by molar-refractivity contribution is 0.241. The summed E-state index contributed by atoms with van der Waals surface area (Å²) in [5.74, 6) is 0.812. The first kappa shape index (κ1) is 10.8. The second-order valence-electron chi connectivity index (χ2n) is 3.40. The number of hydrogen-bond donors (Lipinski definition) is 1. The Hall–Kier alpha value is -1.28. The third-order valence-corrected chi connectivity index (χ3v) is 1.84. The van der Waals surface area contributed by atoms with Crippen LogP contribution in [0.5, 0.6) is 5.75 Å². The molecule has 2 nitrogen and oxygen atoms in total. The van der Waals surface area contributed by atoms with Crippen LogP contribution in [-0.2, 0) is 6.61 Å². The number of aliphatic hydroxyl groups excluding tert-OH is 1. The summed E-state index contributed by atoms with van der Waals surface area (Å²) in [5.41, 5.74) is 1.79. The van der Waals surface area contributed by atoms with Gasteiger partial charge >= 0.3 is 0 Å². The molecule has 0 bridgehead atoms. The minimum atomic E-state index is 0.0444. The maximum atomic E-state index is 8.96. The van der Waals surface area contributed by atoms with E-state index in [9.17, 15) is 0 Å². The van der Waals surface area contributed by atoms with E-state index in [2.05, 4.69) is 6.58 Å². The first-order valence-electron chi connectivity index (χ1n) is 4.70. The van der Waals surface area contributed by atoms with Crippen molar-refractivity contribution >= 4 is 6.08 Å². The number of rotatable bonds is 4. The maximum Gasteiger partial charge on any atom is 0.126 e. The Balaban J connectivity index is 2.99. The van der Waals surface area contributed by atoms with Crippen molar-refractivity contribution in [2.45, 2.75) is 26.6 Å². The number of benzene rings is 1. The Morgan fingerprint density at radius 2 is 2.21 bits per heavy atom. The van der Waals surface area contributed by atoms with Crippen LogP contribution < -0.4 is 4.74 Å². The van der Waals surface area contributed by atoms with Gasteiger partial charge in [-0.1, -0.05) is 18.7 Å². The molecule has 0 fully saturated rings. The molecule has 0 saturated carbocycles. The van der Waals surface area contributed by atoms with Gasteiger partial charge in [0.05, 0.1) is 12.7 Å². The van der Waals surface area contributed by atoms with Crippen LogP contribution in [0.1, 0.15) is 25.0 Å². The predicted molar refractivity (Wildman–Crippen MR) is 58.2 cm³/mol. The van der Waals surface area contributed by atoms with Crippen molar-refractivity contribution in [2.75, 3.05) is 0 Å². The molecular formula is C12H16O2. The summed E-state index contributed by atoms with van der Waals surface area (Å²) in [4.78, 5) is 0. The first-order chi connectivity index (χ1) is 6.67. The third kappa shape index (κ3) is 2.60. The molecule has 14 heavy (non-hydrogen) atoms. The highest BCUT2D eigenvalue weighted by molar-refractivity contribution is 5.56. The van der Waals surface area contributed by atoms with Crippen LogP contribution in [0.15, 0.2) is 24.8 Å². The molecule has 0 aliphatic rings. The van der Waals surface area contributed by atoms with Crippen LogP contribution in [-0.4, -0.2) is 11.2 Å². The van der Waals surface area contributed by atoms with E-state index in [0.29, 0.717) is 0 Å². The fraction of sp³-hybridized carbons (Fsp3) is 0.333. The van der Waals surface area contributed by atoms with Gasteiger partial charge < -0.3 is 9.84 Å². The molecule has 1 aromatic rings. The Kier molecular flexibility index (Phi) is 3.72. The molecule has 0 aliphatic heterocycles. The summed E-state index contributed by atoms with van der Waals surface area (Å²) in [7, 11) is 0. The van der Waals surface area contributed by atoms with Gasteiger partial charge in [0.15, 0.2) is 0 Å². The summed E-state index contributed by atoms with van der Waals surface area (Å²) in [6.07, 6.45) is 1.88. The van der Waals surface area contributed by atoms with Crippen LogP contribution in [0, 0.1) is 0 Å². The van der Waals surface area contributed by atoms with Crippen molar-refractivity contribution in [1.82, 2.24) is 0 Å². The van der Waals surface area contributed by atoms with Crippen molar-refractivity contribution in [2.24, 2.45) is 0 Å². The first-order valence-corrected chi connectivity index (χ1v) is 4.70. The fourth-order valence-electron chi connectivity index (χ4n) is 1.22. The smallest absolute Gasteiger partial charge is 0.126 e. The van der Waals surface area contributed by atoms with Crippen molar-refractivity contribution in [3.63, 3.8) is 0 Å². The molecule has 0 unspecified atom stereocenters. The van der Waals surface area contributed by atoms with E-state index in [-0.39, 0.29) is 12.7 Å². The van der Waals surface area contributed by atoms with Gasteiger partial charge in [-0.2, -0.15) is 0 Å². The van der Waals surface area contributed by atoms with Crippen molar-refractivity contribution in [3.8, 4) is 5.75 Å². The summed E-state index contributed by atoms with van der Waals surface area (Å²) < 4.78 is 5.58. The summed E-state index contributed by atoms with van der Waals surface area (Å²) in [5, 5.41) is 8.96. The average Bonchev–Trinajstić information content (AvgIpc) is 2.17. The molecule has 2 heteroatoms. The van der Waals surface area contributed by atoms with Gasteiger partial charge in [0, 0.05) is 5.56 Å². The van der Waals surface area contributed by atoms with E-state index in [0.717, 1.165) is 16.9 Å². The van der Waals surface area contributed by atoms with Crippen LogP contribution in [0.2, 0.25) is 0 Å². The molecule has 0 aliphatic carbocycles. The fourth-order valence-corrected chi connectivity index (χ4v) is 1.22. The van der Waals surface area contributed by atoms with Gasteiger partial charge in [0.2, 0.25) is 0 Å². The van der Waals surface area contributed by atoms with Gasteiger partial charge in [-0.3, -0.25) is 0 Å². The zero-order chi connectivity index (χ0) is 10.6. The van der Waals surface area contributed by atoms with Crippen LogP contribution in [0.3, 0.4) is 0 Å². The summed E-state index contributed by atoms with van der Waals surface area (Å²) >= 11 is 0. The average molecular weight is 192 g/mol. The molecule has 0 amide bonds. The second-order valence-corrected chi connectivity index (χ2v) is 3.40. The largest absolute Gasteiger partial charge is 0.490 e. The summed E-state index contributed by atoms with van der Waals surface area (Å²) in [6, 6.07) is 5.60. The molecule has 0 heterocycles. The van der Waals surface area contributed by atoms with Crippen LogP contribution in [0.4, 0.5) is 0 Å². The van der Waals surface area contributed by atoms with Gasteiger partial charge in [-0.15, -0.1) is 0 Å². The SMILES string of the molecule is C=Cc1cc(CO)ccc1OC(C)C. The Bertz CT molecular complexity index is 316. The minimum Gasteiger partial charge on any atom is -0.490 e. The Morgan fingerprint density at radius 3 is 2.71 bits per heavy atom. The van der Waals surface area contributed by atoms with Crippen molar-refractivity contribution in [1.29, 1.82) is 0 Å². The maximum absolute atomic E-state index is 8.96. The Labute approximate surface area is 84.8 Å². The second kappa shape index (κ2) is 4.82. The highest BCUT2D eigenvalue weighted by Gasteiger charge is 2.03. The number of aliphatic hydroxyl groups is 1. The summed E-state index contributed by atoms with van der Waals surface area (Å²) in [6.45, 7) is 7.72. The third-order valence-electron chi connectivity index (χ3n) is 1.84. The molecule has 0 spiro atoms. The van der Waals surface area contributed by atoms with Gasteiger partial charge in [-0.25, -0.2) is 0 Å². The van der Waals surface area contributed by atoms with Gasteiger partial charge in [0.25, 0.3) is 0 Å². The van der Waals surface area contributed by atoms with Crippen LogP contribution >= 0.6 is 0 Å². The molecule has 1 N–H and O–H groups in total. The van der Waals surface area contributed by atoms with E-state index in [4.69, 9.17) is 9.84 Å². The Morgan fingerprint density at radius 1 is 1.50 bits per heavy atom. The quantitative estimate of drug-likeness (QED) is 0.794. The molecule has 1 aromatic carbocycles. The zero-order valence-corrected chi connectivity index (χ0v) is 8.66.